The monoisotopic (exact) mass is 801 g/mol. The summed E-state index contributed by atoms with van der Waals surface area (Å²) in [5.41, 5.74) is 17.8. The second-order valence-corrected chi connectivity index (χ2v) is 16.5. The first-order chi connectivity index (χ1) is 31.3. The van der Waals surface area contributed by atoms with Crippen molar-refractivity contribution < 1.29 is 0 Å². The van der Waals surface area contributed by atoms with Gasteiger partial charge in [0.2, 0.25) is 0 Å². The van der Waals surface area contributed by atoms with Gasteiger partial charge in [0.05, 0.1) is 44.5 Å². The normalized spacial score (nSPS) is 11.8. The fraction of sp³-hybridized carbons (Fsp3) is 0. The lowest BCUT2D eigenvalue weighted by Crippen LogP contribution is -1.99. The highest BCUT2D eigenvalue weighted by molar-refractivity contribution is 6.26. The third kappa shape index (κ3) is 5.40. The van der Waals surface area contributed by atoms with Crippen LogP contribution in [0.4, 0.5) is 0 Å². The lowest BCUT2D eigenvalue weighted by molar-refractivity contribution is 1.17. The van der Waals surface area contributed by atoms with Crippen LogP contribution in [0.2, 0.25) is 0 Å². The predicted octanol–water partition coefficient (Wildman–Crippen LogP) is 16.0. The summed E-state index contributed by atoms with van der Waals surface area (Å²) in [7, 11) is 0. The van der Waals surface area contributed by atoms with Crippen molar-refractivity contribution in [2.75, 3.05) is 0 Å². The van der Waals surface area contributed by atoms with E-state index in [4.69, 9.17) is 0 Å². The minimum absolute atomic E-state index is 1.15. The Morgan fingerprint density at radius 1 is 0.238 bits per heavy atom. The van der Waals surface area contributed by atoms with Crippen LogP contribution in [0, 0.1) is 0 Å². The average Bonchev–Trinajstić information content (AvgIpc) is 4.00. The van der Waals surface area contributed by atoms with E-state index in [2.05, 4.69) is 250 Å². The Balaban J connectivity index is 1.06. The van der Waals surface area contributed by atoms with E-state index in [0.717, 1.165) is 17.1 Å². The fourth-order valence-corrected chi connectivity index (χ4v) is 10.3. The van der Waals surface area contributed by atoms with E-state index in [9.17, 15) is 0 Å². The molecule has 0 spiro atoms. The van der Waals surface area contributed by atoms with Crippen molar-refractivity contribution in [1.29, 1.82) is 0 Å². The molecule has 13 rings (SSSR count). The summed E-state index contributed by atoms with van der Waals surface area (Å²) in [5.74, 6) is 0. The highest BCUT2D eigenvalue weighted by Gasteiger charge is 2.23. The van der Waals surface area contributed by atoms with Crippen molar-refractivity contribution >= 4 is 65.4 Å². The molecule has 63 heavy (non-hydrogen) atoms. The molecule has 0 bridgehead atoms. The van der Waals surface area contributed by atoms with Crippen LogP contribution in [0.25, 0.3) is 116 Å². The summed E-state index contributed by atoms with van der Waals surface area (Å²) in [5, 5.41) is 7.43. The van der Waals surface area contributed by atoms with Crippen LogP contribution in [0.1, 0.15) is 0 Å². The van der Waals surface area contributed by atoms with Crippen molar-refractivity contribution in [2.45, 2.75) is 0 Å². The molecule has 0 fully saturated rings. The van der Waals surface area contributed by atoms with Gasteiger partial charge in [-0.25, -0.2) is 0 Å². The molecule has 0 saturated heterocycles. The van der Waals surface area contributed by atoms with E-state index in [1.54, 1.807) is 0 Å². The molecule has 3 heteroatoms. The molecule has 3 aromatic heterocycles. The van der Waals surface area contributed by atoms with Crippen molar-refractivity contribution in [2.24, 2.45) is 0 Å². The van der Waals surface area contributed by atoms with Crippen molar-refractivity contribution in [1.82, 2.24) is 13.7 Å². The number of para-hydroxylation sites is 5. The van der Waals surface area contributed by atoms with E-state index in [0.29, 0.717) is 0 Å². The highest BCUT2D eigenvalue weighted by atomic mass is 15.0. The van der Waals surface area contributed by atoms with Crippen LogP contribution >= 0.6 is 0 Å². The van der Waals surface area contributed by atoms with E-state index >= 15 is 0 Å². The number of rotatable bonds is 6. The molecule has 294 valence electrons. The molecule has 3 nitrogen and oxygen atoms in total. The molecular weight excluding hydrogens is 763 g/mol. The highest BCUT2D eigenvalue weighted by Crippen LogP contribution is 2.45. The van der Waals surface area contributed by atoms with E-state index in [1.165, 1.54) is 98.8 Å². The Morgan fingerprint density at radius 3 is 1.51 bits per heavy atom. The quantitative estimate of drug-likeness (QED) is 0.159. The van der Waals surface area contributed by atoms with Crippen LogP contribution in [-0.4, -0.2) is 13.7 Å². The van der Waals surface area contributed by atoms with Crippen molar-refractivity contribution in [3.63, 3.8) is 0 Å². The lowest BCUT2D eigenvalue weighted by Gasteiger charge is -2.17. The predicted molar refractivity (Wildman–Crippen MR) is 266 cm³/mol. The molecule has 10 aromatic carbocycles. The Morgan fingerprint density at radius 2 is 0.762 bits per heavy atom. The largest absolute Gasteiger partial charge is 0.309 e. The van der Waals surface area contributed by atoms with Gasteiger partial charge in [0.25, 0.3) is 0 Å². The smallest absolute Gasteiger partial charge is 0.0641 e. The van der Waals surface area contributed by atoms with Gasteiger partial charge in [-0.05, 0) is 89.0 Å². The molecule has 0 aliphatic rings. The van der Waals surface area contributed by atoms with Gasteiger partial charge in [-0.3, -0.25) is 0 Å². The van der Waals surface area contributed by atoms with Gasteiger partial charge in [-0.15, -0.1) is 0 Å². The second kappa shape index (κ2) is 14.1. The van der Waals surface area contributed by atoms with Gasteiger partial charge in [-0.2, -0.15) is 0 Å². The van der Waals surface area contributed by atoms with Crippen LogP contribution in [0.5, 0.6) is 0 Å². The standard InChI is InChI=1S/C60H39N3/c1-4-18-40(19-5-1)42-32-35-56(50(38-42)41-20-6-2-7-21-41)62-53-29-15-12-26-47(53)51-39-43(33-36-57(51)62)45-24-10-14-28-52(45)63-54-30-16-11-25-46(54)48-34-37-58-59(60(48)63)49-27-13-17-31-55(49)61(58)44-22-8-3-9-23-44/h1-39H. The Hall–Kier alpha value is -8.40. The van der Waals surface area contributed by atoms with Crippen LogP contribution in [0.3, 0.4) is 0 Å². The molecule has 0 unspecified atom stereocenters. The number of nitrogens with zero attached hydrogens (tertiary/aromatic N) is 3. The SMILES string of the molecule is c1ccc(-c2ccc(-n3c4ccccc4c4cc(-c5ccccc5-n5c6ccccc6c6ccc7c(c8ccccc8n7-c7ccccc7)c65)ccc43)c(-c3ccccc3)c2)cc1. The molecule has 0 aliphatic heterocycles. The molecule has 0 amide bonds. The number of hydrogen-bond acceptors (Lipinski definition) is 0. The first-order valence-corrected chi connectivity index (χ1v) is 21.7. The van der Waals surface area contributed by atoms with Crippen molar-refractivity contribution in [3.05, 3.63) is 237 Å². The number of aromatic nitrogens is 3. The molecule has 0 saturated carbocycles. The Kier molecular flexibility index (Phi) is 7.91. The third-order valence-electron chi connectivity index (χ3n) is 13.0. The van der Waals surface area contributed by atoms with Gasteiger partial charge >= 0.3 is 0 Å². The maximum atomic E-state index is 2.53. The number of fused-ring (bicyclic) bond motifs is 10. The summed E-state index contributed by atoms with van der Waals surface area (Å²) in [4.78, 5) is 0. The maximum Gasteiger partial charge on any atom is 0.0641 e. The molecule has 0 aliphatic carbocycles. The molecule has 0 radical (unpaired) electrons. The zero-order valence-corrected chi connectivity index (χ0v) is 34.4. The second-order valence-electron chi connectivity index (χ2n) is 16.5. The molecule has 0 atom stereocenters. The molecule has 3 heterocycles. The van der Waals surface area contributed by atoms with Crippen LogP contribution in [0.15, 0.2) is 237 Å². The summed E-state index contributed by atoms with van der Waals surface area (Å²) >= 11 is 0. The zero-order chi connectivity index (χ0) is 41.4. The van der Waals surface area contributed by atoms with Gasteiger partial charge < -0.3 is 13.7 Å². The van der Waals surface area contributed by atoms with E-state index < -0.39 is 0 Å². The van der Waals surface area contributed by atoms with Crippen LogP contribution < -0.4 is 0 Å². The molecule has 13 aromatic rings. The Labute approximate surface area is 364 Å². The van der Waals surface area contributed by atoms with E-state index in [-0.39, 0.29) is 0 Å². The van der Waals surface area contributed by atoms with Crippen molar-refractivity contribution in [3.8, 4) is 50.4 Å². The lowest BCUT2D eigenvalue weighted by atomic mass is 9.97. The topological polar surface area (TPSA) is 14.8 Å². The van der Waals surface area contributed by atoms with Gasteiger partial charge in [0, 0.05) is 49.1 Å². The number of benzene rings is 10. The first kappa shape index (κ1) is 35.4. The first-order valence-electron chi connectivity index (χ1n) is 21.7. The Bertz CT molecular complexity index is 3890. The van der Waals surface area contributed by atoms with Crippen LogP contribution in [-0.2, 0) is 0 Å². The summed E-state index contributed by atoms with van der Waals surface area (Å²) in [6, 6.07) is 86.4. The van der Waals surface area contributed by atoms with Gasteiger partial charge in [0.15, 0.2) is 0 Å². The zero-order valence-electron chi connectivity index (χ0n) is 34.4. The third-order valence-corrected chi connectivity index (χ3v) is 13.0. The fourth-order valence-electron chi connectivity index (χ4n) is 10.3. The summed E-state index contributed by atoms with van der Waals surface area (Å²) in [6.45, 7) is 0. The summed E-state index contributed by atoms with van der Waals surface area (Å²) < 4.78 is 7.40. The molecular formula is C60H39N3. The summed E-state index contributed by atoms with van der Waals surface area (Å²) in [6.07, 6.45) is 0. The average molecular weight is 802 g/mol. The van der Waals surface area contributed by atoms with Gasteiger partial charge in [-0.1, -0.05) is 170 Å². The van der Waals surface area contributed by atoms with E-state index in [1.807, 2.05) is 0 Å². The molecule has 0 N–H and O–H groups in total. The maximum absolute atomic E-state index is 2.53. The minimum atomic E-state index is 1.15. The minimum Gasteiger partial charge on any atom is -0.309 e. The van der Waals surface area contributed by atoms with Gasteiger partial charge in [0.1, 0.15) is 0 Å². The number of hydrogen-bond donors (Lipinski definition) is 0.